The van der Waals surface area contributed by atoms with Crippen molar-refractivity contribution in [3.05, 3.63) is 0 Å². The molecule has 0 N–H and O–H groups in total. The third kappa shape index (κ3) is 3.58. The van der Waals surface area contributed by atoms with Crippen LogP contribution in [0.5, 0.6) is 0 Å². The molecule has 0 aromatic heterocycles. The van der Waals surface area contributed by atoms with Gasteiger partial charge in [0, 0.05) is 12.0 Å². The lowest BCUT2D eigenvalue weighted by molar-refractivity contribution is -0.160. The molecule has 1 saturated heterocycles. The van der Waals surface area contributed by atoms with E-state index in [4.69, 9.17) is 4.74 Å². The number of hydrogen-bond donors (Lipinski definition) is 0. The number of amides is 1. The number of nitrogens with zero attached hydrogens (tertiary/aromatic N) is 1. The number of piperidine rings is 1. The zero-order chi connectivity index (χ0) is 15.3. The van der Waals surface area contributed by atoms with Crippen LogP contribution in [0.1, 0.15) is 53.4 Å². The van der Waals surface area contributed by atoms with Crippen molar-refractivity contribution >= 4 is 17.7 Å². The minimum Gasteiger partial charge on any atom is -0.464 e. The third-order valence-corrected chi connectivity index (χ3v) is 4.02. The van der Waals surface area contributed by atoms with Gasteiger partial charge in [0.05, 0.1) is 6.61 Å². The summed E-state index contributed by atoms with van der Waals surface area (Å²) in [6.07, 6.45) is 2.86. The maximum atomic E-state index is 12.4. The highest BCUT2D eigenvalue weighted by atomic mass is 16.5. The van der Waals surface area contributed by atoms with Crippen molar-refractivity contribution in [2.24, 2.45) is 5.41 Å². The van der Waals surface area contributed by atoms with Crippen molar-refractivity contribution in [2.75, 3.05) is 13.2 Å². The molecule has 0 aromatic carbocycles. The first-order valence-corrected chi connectivity index (χ1v) is 7.37. The number of likely N-dealkylation sites (tertiary alicyclic amines) is 1. The molecular formula is C15H25NO4. The number of carbonyl (C=O) groups excluding carboxylic acids is 3. The monoisotopic (exact) mass is 283 g/mol. The highest BCUT2D eigenvalue weighted by Crippen LogP contribution is 2.25. The van der Waals surface area contributed by atoms with E-state index in [9.17, 15) is 14.4 Å². The van der Waals surface area contributed by atoms with Gasteiger partial charge in [-0.1, -0.05) is 20.8 Å². The van der Waals surface area contributed by atoms with Gasteiger partial charge in [0.25, 0.3) is 5.91 Å². The second kappa shape index (κ2) is 6.86. The molecule has 0 unspecified atom stereocenters. The van der Waals surface area contributed by atoms with Crippen LogP contribution in [0, 0.1) is 5.41 Å². The highest BCUT2D eigenvalue weighted by Gasteiger charge is 2.40. The number of Topliss-reactive ketones (excluding diaryl/α,β-unsaturated/α-hetero) is 1. The molecule has 1 amide bonds. The first-order valence-electron chi connectivity index (χ1n) is 7.37. The molecular weight excluding hydrogens is 258 g/mol. The molecule has 1 atom stereocenters. The van der Waals surface area contributed by atoms with Gasteiger partial charge in [-0.05, 0) is 32.6 Å². The van der Waals surface area contributed by atoms with Crippen molar-refractivity contribution in [2.45, 2.75) is 59.4 Å². The van der Waals surface area contributed by atoms with Crippen LogP contribution in [0.15, 0.2) is 0 Å². The maximum Gasteiger partial charge on any atom is 0.328 e. The summed E-state index contributed by atoms with van der Waals surface area (Å²) in [6, 6.07) is -0.604. The number of ketones is 1. The number of rotatable bonds is 5. The first kappa shape index (κ1) is 16.7. The predicted octanol–water partition coefficient (Wildman–Crippen LogP) is 1.94. The van der Waals surface area contributed by atoms with Crippen LogP contribution in [0.4, 0.5) is 0 Å². The van der Waals surface area contributed by atoms with E-state index >= 15 is 0 Å². The van der Waals surface area contributed by atoms with Gasteiger partial charge in [0.2, 0.25) is 5.78 Å². The van der Waals surface area contributed by atoms with Crippen molar-refractivity contribution < 1.29 is 19.1 Å². The van der Waals surface area contributed by atoms with E-state index in [0.717, 1.165) is 12.8 Å². The molecule has 0 aromatic rings. The Morgan fingerprint density at radius 3 is 2.40 bits per heavy atom. The van der Waals surface area contributed by atoms with Crippen LogP contribution >= 0.6 is 0 Å². The summed E-state index contributed by atoms with van der Waals surface area (Å²) in [5.41, 5.74) is -0.687. The molecule has 0 saturated carbocycles. The number of ether oxygens (including phenoxy) is 1. The largest absolute Gasteiger partial charge is 0.464 e. The van der Waals surface area contributed by atoms with E-state index in [0.29, 0.717) is 19.4 Å². The summed E-state index contributed by atoms with van der Waals surface area (Å²) in [5, 5.41) is 0. The van der Waals surface area contributed by atoms with Gasteiger partial charge < -0.3 is 9.64 Å². The molecule has 5 heteroatoms. The Kier molecular flexibility index (Phi) is 5.72. The Morgan fingerprint density at radius 2 is 1.85 bits per heavy atom. The first-order chi connectivity index (χ1) is 9.35. The lowest BCUT2D eigenvalue weighted by Gasteiger charge is -2.35. The quantitative estimate of drug-likeness (QED) is 0.571. The van der Waals surface area contributed by atoms with Crippen molar-refractivity contribution in [1.82, 2.24) is 4.90 Å². The number of esters is 1. The summed E-state index contributed by atoms with van der Waals surface area (Å²) in [5.74, 6) is -1.37. The van der Waals surface area contributed by atoms with Crippen molar-refractivity contribution in [3.63, 3.8) is 0 Å². The molecule has 0 bridgehead atoms. The van der Waals surface area contributed by atoms with Crippen LogP contribution < -0.4 is 0 Å². The van der Waals surface area contributed by atoms with Gasteiger partial charge in [-0.15, -0.1) is 0 Å². The topological polar surface area (TPSA) is 63.7 Å². The number of carbonyl (C=O) groups is 3. The van der Waals surface area contributed by atoms with Crippen LogP contribution in [-0.2, 0) is 19.1 Å². The zero-order valence-corrected chi connectivity index (χ0v) is 12.9. The second-order valence-electron chi connectivity index (χ2n) is 5.83. The smallest absolute Gasteiger partial charge is 0.328 e. The van der Waals surface area contributed by atoms with E-state index < -0.39 is 29.1 Å². The molecule has 0 spiro atoms. The molecule has 0 aliphatic carbocycles. The Hall–Kier alpha value is -1.39. The molecule has 114 valence electrons. The van der Waals surface area contributed by atoms with Crippen molar-refractivity contribution in [3.8, 4) is 0 Å². The highest BCUT2D eigenvalue weighted by molar-refractivity contribution is 6.38. The zero-order valence-electron chi connectivity index (χ0n) is 12.9. The van der Waals surface area contributed by atoms with Gasteiger partial charge in [-0.2, -0.15) is 0 Å². The van der Waals surface area contributed by atoms with Crippen LogP contribution in [0.2, 0.25) is 0 Å². The molecule has 1 aliphatic rings. The van der Waals surface area contributed by atoms with Gasteiger partial charge in [-0.25, -0.2) is 4.79 Å². The normalized spacial score (nSPS) is 19.6. The standard InChI is InChI=1S/C15H25NO4/c1-5-15(3,4)12(17)13(18)16-10-8-7-9-11(16)14(19)20-6-2/h11H,5-10H2,1-4H3/t11-/m0/s1. The fourth-order valence-electron chi connectivity index (χ4n) is 2.24. The average Bonchev–Trinajstić information content (AvgIpc) is 2.45. The summed E-state index contributed by atoms with van der Waals surface area (Å²) < 4.78 is 5.01. The number of hydrogen-bond acceptors (Lipinski definition) is 4. The van der Waals surface area contributed by atoms with Crippen LogP contribution in [0.25, 0.3) is 0 Å². The van der Waals surface area contributed by atoms with Gasteiger partial charge in [0.15, 0.2) is 0 Å². The predicted molar refractivity (Wildman–Crippen MR) is 75.1 cm³/mol. The fourth-order valence-corrected chi connectivity index (χ4v) is 2.24. The van der Waals surface area contributed by atoms with E-state index in [2.05, 4.69) is 0 Å². The molecule has 1 rings (SSSR count). The van der Waals surface area contributed by atoms with Crippen LogP contribution in [-0.4, -0.2) is 41.8 Å². The van der Waals surface area contributed by atoms with Crippen LogP contribution in [0.3, 0.4) is 0 Å². The molecule has 20 heavy (non-hydrogen) atoms. The lowest BCUT2D eigenvalue weighted by Crippen LogP contribution is -2.53. The van der Waals surface area contributed by atoms with Gasteiger partial charge >= 0.3 is 5.97 Å². The Bertz CT molecular complexity index is 389. The van der Waals surface area contributed by atoms with E-state index in [-0.39, 0.29) is 6.61 Å². The Morgan fingerprint density at radius 1 is 1.20 bits per heavy atom. The summed E-state index contributed by atoms with van der Waals surface area (Å²) in [7, 11) is 0. The Balaban J connectivity index is 2.87. The molecule has 1 fully saturated rings. The maximum absolute atomic E-state index is 12.4. The van der Waals surface area contributed by atoms with Gasteiger partial charge in [-0.3, -0.25) is 9.59 Å². The molecule has 0 radical (unpaired) electrons. The lowest BCUT2D eigenvalue weighted by atomic mass is 9.84. The Labute approximate surface area is 120 Å². The molecule has 5 nitrogen and oxygen atoms in total. The molecule has 1 heterocycles. The van der Waals surface area contributed by atoms with Gasteiger partial charge in [0.1, 0.15) is 6.04 Å². The minimum atomic E-state index is -0.687. The summed E-state index contributed by atoms with van der Waals surface area (Å²) in [6.45, 7) is 7.87. The average molecular weight is 283 g/mol. The third-order valence-electron chi connectivity index (χ3n) is 4.02. The molecule has 1 aliphatic heterocycles. The second-order valence-corrected chi connectivity index (χ2v) is 5.83. The summed E-state index contributed by atoms with van der Waals surface area (Å²) in [4.78, 5) is 38.0. The summed E-state index contributed by atoms with van der Waals surface area (Å²) >= 11 is 0. The fraction of sp³-hybridized carbons (Fsp3) is 0.800. The minimum absolute atomic E-state index is 0.283. The SMILES string of the molecule is CCOC(=O)[C@@H]1CCCCN1C(=O)C(=O)C(C)(C)CC. The van der Waals surface area contributed by atoms with Crippen molar-refractivity contribution in [1.29, 1.82) is 0 Å². The van der Waals surface area contributed by atoms with E-state index in [1.54, 1.807) is 20.8 Å². The van der Waals surface area contributed by atoms with E-state index in [1.165, 1.54) is 4.90 Å². The van der Waals surface area contributed by atoms with E-state index in [1.807, 2.05) is 6.92 Å².